The first-order valence-electron chi connectivity index (χ1n) is 7.20. The normalized spacial score (nSPS) is 23.2. The highest BCUT2D eigenvalue weighted by atomic mass is 35.5. The van der Waals surface area contributed by atoms with E-state index in [4.69, 9.17) is 11.6 Å². The molecule has 0 atom stereocenters. The molecular formula is C14H22ClN3. The predicted octanol–water partition coefficient (Wildman–Crippen LogP) is 3.05. The molecule has 3 nitrogen and oxygen atoms in total. The van der Waals surface area contributed by atoms with Crippen LogP contribution in [0.1, 0.15) is 32.1 Å². The van der Waals surface area contributed by atoms with Crippen molar-refractivity contribution < 1.29 is 0 Å². The molecule has 0 bridgehead atoms. The number of likely N-dealkylation sites (tertiary alicyclic amines) is 1. The lowest BCUT2D eigenvalue weighted by Crippen LogP contribution is -2.50. The molecule has 3 rings (SSSR count). The van der Waals surface area contributed by atoms with Gasteiger partial charge in [-0.25, -0.2) is 0 Å². The molecular weight excluding hydrogens is 246 g/mol. The van der Waals surface area contributed by atoms with Crippen LogP contribution in [0, 0.1) is 11.8 Å². The molecule has 0 amide bonds. The highest BCUT2D eigenvalue weighted by Gasteiger charge is 2.29. The monoisotopic (exact) mass is 267 g/mol. The van der Waals surface area contributed by atoms with E-state index in [2.05, 4.69) is 10.00 Å². The van der Waals surface area contributed by atoms with Gasteiger partial charge in [-0.1, -0.05) is 30.9 Å². The standard InChI is InChI=1S/C14H22ClN3/c15-14-6-16-18(11-14)10-13-8-17(9-13)7-12-4-2-1-3-5-12/h6,11-13H,1-5,7-10H2. The third kappa shape index (κ3) is 3.07. The summed E-state index contributed by atoms with van der Waals surface area (Å²) in [6, 6.07) is 0. The second kappa shape index (κ2) is 5.62. The van der Waals surface area contributed by atoms with Crippen LogP contribution in [-0.4, -0.2) is 34.3 Å². The van der Waals surface area contributed by atoms with Crippen LogP contribution in [0.25, 0.3) is 0 Å². The second-order valence-corrected chi connectivity index (χ2v) is 6.41. The fourth-order valence-electron chi connectivity index (χ4n) is 3.38. The molecule has 0 spiro atoms. The topological polar surface area (TPSA) is 21.1 Å². The summed E-state index contributed by atoms with van der Waals surface area (Å²) in [4.78, 5) is 2.62. The van der Waals surface area contributed by atoms with Crippen LogP contribution in [0.5, 0.6) is 0 Å². The minimum atomic E-state index is 0.744. The molecule has 4 heteroatoms. The predicted molar refractivity (Wildman–Crippen MR) is 73.7 cm³/mol. The van der Waals surface area contributed by atoms with Gasteiger partial charge >= 0.3 is 0 Å². The van der Waals surface area contributed by atoms with Gasteiger partial charge in [-0.15, -0.1) is 0 Å². The van der Waals surface area contributed by atoms with Crippen molar-refractivity contribution in [3.05, 3.63) is 17.4 Å². The fraction of sp³-hybridized carbons (Fsp3) is 0.786. The Morgan fingerprint density at radius 2 is 1.89 bits per heavy atom. The van der Waals surface area contributed by atoms with E-state index >= 15 is 0 Å². The van der Waals surface area contributed by atoms with Crippen molar-refractivity contribution in [1.29, 1.82) is 0 Å². The maximum atomic E-state index is 5.87. The van der Waals surface area contributed by atoms with E-state index < -0.39 is 0 Å². The van der Waals surface area contributed by atoms with E-state index in [-0.39, 0.29) is 0 Å². The summed E-state index contributed by atoms with van der Waals surface area (Å²) in [5, 5.41) is 4.99. The third-order valence-electron chi connectivity index (χ3n) is 4.32. The summed E-state index contributed by atoms with van der Waals surface area (Å²) in [7, 11) is 0. The fourth-order valence-corrected chi connectivity index (χ4v) is 3.54. The van der Waals surface area contributed by atoms with Crippen molar-refractivity contribution in [3.63, 3.8) is 0 Å². The third-order valence-corrected chi connectivity index (χ3v) is 4.52. The molecule has 1 aromatic heterocycles. The van der Waals surface area contributed by atoms with Crippen molar-refractivity contribution >= 4 is 11.6 Å². The summed E-state index contributed by atoms with van der Waals surface area (Å²) < 4.78 is 1.98. The SMILES string of the molecule is Clc1cnn(CC2CN(CC3CCCCC3)C2)c1. The van der Waals surface area contributed by atoms with Crippen LogP contribution >= 0.6 is 11.6 Å². The summed E-state index contributed by atoms with van der Waals surface area (Å²) in [6.45, 7) is 4.84. The number of hydrogen-bond donors (Lipinski definition) is 0. The zero-order valence-corrected chi connectivity index (χ0v) is 11.6. The Bertz CT molecular complexity index is 378. The molecule has 100 valence electrons. The van der Waals surface area contributed by atoms with Crippen LogP contribution in [0.3, 0.4) is 0 Å². The van der Waals surface area contributed by atoms with Gasteiger partial charge in [0.1, 0.15) is 0 Å². The lowest BCUT2D eigenvalue weighted by atomic mass is 9.87. The second-order valence-electron chi connectivity index (χ2n) is 5.97. The molecule has 1 saturated heterocycles. The Morgan fingerprint density at radius 3 is 2.56 bits per heavy atom. The largest absolute Gasteiger partial charge is 0.302 e. The van der Waals surface area contributed by atoms with Gasteiger partial charge in [0.15, 0.2) is 0 Å². The number of halogens is 1. The van der Waals surface area contributed by atoms with Gasteiger partial charge < -0.3 is 4.90 Å². The van der Waals surface area contributed by atoms with Gasteiger partial charge in [-0.2, -0.15) is 5.10 Å². The van der Waals surface area contributed by atoms with E-state index in [1.54, 1.807) is 6.20 Å². The van der Waals surface area contributed by atoms with E-state index in [9.17, 15) is 0 Å². The Labute approximate surface area is 114 Å². The zero-order valence-electron chi connectivity index (χ0n) is 10.9. The first kappa shape index (κ1) is 12.5. The minimum absolute atomic E-state index is 0.744. The lowest BCUT2D eigenvalue weighted by molar-refractivity contribution is 0.0612. The van der Waals surface area contributed by atoms with Gasteiger partial charge in [0, 0.05) is 38.3 Å². The molecule has 1 aromatic rings. The van der Waals surface area contributed by atoms with Crippen molar-refractivity contribution in [2.75, 3.05) is 19.6 Å². The molecule has 1 saturated carbocycles. The van der Waals surface area contributed by atoms with Gasteiger partial charge in [0.2, 0.25) is 0 Å². The Hall–Kier alpha value is -0.540. The highest BCUT2D eigenvalue weighted by Crippen LogP contribution is 2.27. The van der Waals surface area contributed by atoms with E-state index in [0.29, 0.717) is 0 Å². The number of aromatic nitrogens is 2. The van der Waals surface area contributed by atoms with E-state index in [1.807, 2.05) is 10.9 Å². The molecule has 0 aromatic carbocycles. The zero-order chi connectivity index (χ0) is 12.4. The van der Waals surface area contributed by atoms with Crippen LogP contribution in [-0.2, 0) is 6.54 Å². The van der Waals surface area contributed by atoms with Gasteiger partial charge in [-0.3, -0.25) is 4.68 Å². The maximum absolute atomic E-state index is 5.87. The molecule has 2 aliphatic rings. The number of nitrogens with zero attached hydrogens (tertiary/aromatic N) is 3. The molecule has 18 heavy (non-hydrogen) atoms. The molecule has 1 aliphatic heterocycles. The minimum Gasteiger partial charge on any atom is -0.302 e. The summed E-state index contributed by atoms with van der Waals surface area (Å²) in [6.07, 6.45) is 10.9. The summed E-state index contributed by atoms with van der Waals surface area (Å²) in [5.41, 5.74) is 0. The van der Waals surface area contributed by atoms with Crippen LogP contribution in [0.15, 0.2) is 12.4 Å². The molecule has 0 unspecified atom stereocenters. The lowest BCUT2D eigenvalue weighted by Gasteiger charge is -2.41. The summed E-state index contributed by atoms with van der Waals surface area (Å²) >= 11 is 5.87. The quantitative estimate of drug-likeness (QED) is 0.836. The van der Waals surface area contributed by atoms with Gasteiger partial charge in [0.25, 0.3) is 0 Å². The highest BCUT2D eigenvalue weighted by molar-refractivity contribution is 6.30. The maximum Gasteiger partial charge on any atom is 0.0785 e. The van der Waals surface area contributed by atoms with Crippen molar-refractivity contribution in [3.8, 4) is 0 Å². The first-order valence-corrected chi connectivity index (χ1v) is 7.58. The van der Waals surface area contributed by atoms with Crippen LogP contribution < -0.4 is 0 Å². The molecule has 1 aliphatic carbocycles. The molecule has 2 heterocycles. The summed E-state index contributed by atoms with van der Waals surface area (Å²) in [5.74, 6) is 1.74. The molecule has 0 radical (unpaired) electrons. The average molecular weight is 268 g/mol. The van der Waals surface area contributed by atoms with Crippen LogP contribution in [0.2, 0.25) is 5.02 Å². The van der Waals surface area contributed by atoms with Crippen molar-refractivity contribution in [2.45, 2.75) is 38.6 Å². The Kier molecular flexibility index (Phi) is 3.90. The van der Waals surface area contributed by atoms with Crippen molar-refractivity contribution in [2.24, 2.45) is 11.8 Å². The Balaban J connectivity index is 1.37. The van der Waals surface area contributed by atoms with E-state index in [0.717, 1.165) is 23.4 Å². The van der Waals surface area contributed by atoms with Crippen molar-refractivity contribution in [1.82, 2.24) is 14.7 Å². The Morgan fingerprint density at radius 1 is 1.11 bits per heavy atom. The first-order chi connectivity index (χ1) is 8.79. The van der Waals surface area contributed by atoms with E-state index in [1.165, 1.54) is 51.7 Å². The smallest absolute Gasteiger partial charge is 0.0785 e. The number of rotatable bonds is 4. The molecule has 2 fully saturated rings. The average Bonchev–Trinajstić information content (AvgIpc) is 2.73. The van der Waals surface area contributed by atoms with Gasteiger partial charge in [-0.05, 0) is 18.8 Å². The number of hydrogen-bond acceptors (Lipinski definition) is 2. The van der Waals surface area contributed by atoms with Gasteiger partial charge in [0.05, 0.1) is 11.2 Å². The molecule has 0 N–H and O–H groups in total. The van der Waals surface area contributed by atoms with Crippen LogP contribution in [0.4, 0.5) is 0 Å².